The lowest BCUT2D eigenvalue weighted by Crippen LogP contribution is -2.24. The second-order valence-corrected chi connectivity index (χ2v) is 2.24. The van der Waals surface area contributed by atoms with Crippen LogP contribution in [0.2, 0.25) is 0 Å². The Kier molecular flexibility index (Phi) is 2.06. The Balaban J connectivity index is 2.46. The molecule has 0 saturated heterocycles. The first kappa shape index (κ1) is 7.28. The van der Waals surface area contributed by atoms with Gasteiger partial charge in [-0.05, 0) is 12.5 Å². The molecule has 0 aromatic heterocycles. The molecule has 1 N–H and O–H groups in total. The third-order valence-electron chi connectivity index (χ3n) is 1.47. The summed E-state index contributed by atoms with van der Waals surface area (Å²) in [7, 11) is 0. The number of hydrogen-bond donors (Lipinski definition) is 1. The van der Waals surface area contributed by atoms with Gasteiger partial charge >= 0.3 is 5.97 Å². The molecule has 2 atom stereocenters. The van der Waals surface area contributed by atoms with Crippen molar-refractivity contribution >= 4 is 5.97 Å². The fourth-order valence-electron chi connectivity index (χ4n) is 0.825. The number of hydrogen-bond acceptors (Lipinski definition) is 3. The van der Waals surface area contributed by atoms with Crippen molar-refractivity contribution in [3.8, 4) is 0 Å². The normalized spacial score (nSPS) is 26.6. The molecule has 0 saturated carbocycles. The molecule has 0 fully saturated rings. The number of aliphatic hydroxyl groups excluding tert-OH is 1. The van der Waals surface area contributed by atoms with Gasteiger partial charge in [-0.25, -0.2) is 4.79 Å². The average molecular weight is 142 g/mol. The Labute approximate surface area is 59.3 Å². The Morgan fingerprint density at radius 2 is 2.60 bits per heavy atom. The molecule has 0 aliphatic carbocycles. The van der Waals surface area contributed by atoms with Gasteiger partial charge in [-0.1, -0.05) is 6.92 Å². The maximum Gasteiger partial charge on any atom is 0.331 e. The molecule has 0 spiro atoms. The first-order valence-corrected chi connectivity index (χ1v) is 3.31. The van der Waals surface area contributed by atoms with Gasteiger partial charge in [-0.15, -0.1) is 0 Å². The van der Waals surface area contributed by atoms with Gasteiger partial charge in [0.2, 0.25) is 0 Å². The van der Waals surface area contributed by atoms with E-state index in [2.05, 4.69) is 0 Å². The van der Waals surface area contributed by atoms with Crippen LogP contribution in [0.25, 0.3) is 0 Å². The van der Waals surface area contributed by atoms with E-state index in [9.17, 15) is 4.79 Å². The minimum Gasteiger partial charge on any atom is -0.452 e. The molecule has 0 amide bonds. The molecule has 0 radical (unpaired) electrons. The number of carbonyl (C=O) groups excluding carboxylic acids is 1. The van der Waals surface area contributed by atoms with Gasteiger partial charge in [0.1, 0.15) is 6.10 Å². The molecule has 0 unspecified atom stereocenters. The smallest absolute Gasteiger partial charge is 0.331 e. The number of cyclic esters (lactones) is 1. The van der Waals surface area contributed by atoms with Crippen LogP contribution >= 0.6 is 0 Å². The molecular formula is C7H10O3. The van der Waals surface area contributed by atoms with E-state index in [1.54, 1.807) is 6.08 Å². The van der Waals surface area contributed by atoms with Crippen LogP contribution in [0.5, 0.6) is 0 Å². The summed E-state index contributed by atoms with van der Waals surface area (Å²) in [6.07, 6.45) is 2.54. The highest BCUT2D eigenvalue weighted by atomic mass is 16.6. The summed E-state index contributed by atoms with van der Waals surface area (Å²) in [6.45, 7) is 1.84. The van der Waals surface area contributed by atoms with Crippen LogP contribution in [-0.2, 0) is 9.53 Å². The topological polar surface area (TPSA) is 46.5 Å². The quantitative estimate of drug-likeness (QED) is 0.562. The molecule has 56 valence electrons. The zero-order chi connectivity index (χ0) is 7.56. The maximum absolute atomic E-state index is 10.5. The Bertz CT molecular complexity index is 162. The minimum absolute atomic E-state index is 0.363. The number of rotatable bonds is 2. The summed E-state index contributed by atoms with van der Waals surface area (Å²) in [4.78, 5) is 10.5. The summed E-state index contributed by atoms with van der Waals surface area (Å²) in [5.41, 5.74) is 0. The van der Waals surface area contributed by atoms with Crippen molar-refractivity contribution in [3.05, 3.63) is 12.2 Å². The number of esters is 1. The molecule has 1 aliphatic heterocycles. The monoisotopic (exact) mass is 142 g/mol. The molecule has 1 aliphatic rings. The maximum atomic E-state index is 10.5. The van der Waals surface area contributed by atoms with Gasteiger partial charge < -0.3 is 9.84 Å². The van der Waals surface area contributed by atoms with Crippen LogP contribution in [0.15, 0.2) is 12.2 Å². The SMILES string of the molecule is CC[C@H](O)[C@@H]1C=CC(=O)O1. The zero-order valence-electron chi connectivity index (χ0n) is 5.78. The van der Waals surface area contributed by atoms with E-state index >= 15 is 0 Å². The van der Waals surface area contributed by atoms with Crippen LogP contribution in [0.4, 0.5) is 0 Å². The standard InChI is InChI=1S/C7H10O3/c1-2-5(8)6-3-4-7(9)10-6/h3-6,8H,2H2,1H3/t5-,6-/m0/s1. The minimum atomic E-state index is -0.553. The van der Waals surface area contributed by atoms with Crippen molar-refractivity contribution in [1.29, 1.82) is 0 Å². The van der Waals surface area contributed by atoms with Crippen molar-refractivity contribution in [2.75, 3.05) is 0 Å². The van der Waals surface area contributed by atoms with E-state index in [-0.39, 0.29) is 5.97 Å². The number of carbonyl (C=O) groups is 1. The summed E-state index contributed by atoms with van der Waals surface area (Å²) >= 11 is 0. The van der Waals surface area contributed by atoms with E-state index in [4.69, 9.17) is 9.84 Å². The second kappa shape index (κ2) is 2.84. The summed E-state index contributed by atoms with van der Waals surface area (Å²) in [5, 5.41) is 9.15. The lowest BCUT2D eigenvalue weighted by Gasteiger charge is -2.13. The first-order valence-electron chi connectivity index (χ1n) is 3.31. The highest BCUT2D eigenvalue weighted by Crippen LogP contribution is 2.11. The van der Waals surface area contributed by atoms with E-state index < -0.39 is 12.2 Å². The zero-order valence-corrected chi connectivity index (χ0v) is 5.78. The van der Waals surface area contributed by atoms with Gasteiger partial charge in [-0.2, -0.15) is 0 Å². The second-order valence-electron chi connectivity index (χ2n) is 2.24. The molecule has 1 rings (SSSR count). The number of aliphatic hydroxyl groups is 1. The fraction of sp³-hybridized carbons (Fsp3) is 0.571. The third-order valence-corrected chi connectivity index (χ3v) is 1.47. The van der Waals surface area contributed by atoms with Crippen LogP contribution in [-0.4, -0.2) is 23.3 Å². The molecular weight excluding hydrogens is 132 g/mol. The Morgan fingerprint density at radius 1 is 1.90 bits per heavy atom. The molecule has 0 aromatic rings. The fourth-order valence-corrected chi connectivity index (χ4v) is 0.825. The van der Waals surface area contributed by atoms with Crippen LogP contribution in [0.3, 0.4) is 0 Å². The van der Waals surface area contributed by atoms with Gasteiger partial charge in [0.05, 0.1) is 6.10 Å². The molecule has 3 heteroatoms. The van der Waals surface area contributed by atoms with Gasteiger partial charge in [0.15, 0.2) is 0 Å². The molecule has 3 nitrogen and oxygen atoms in total. The van der Waals surface area contributed by atoms with E-state index in [1.165, 1.54) is 6.08 Å². The van der Waals surface area contributed by atoms with Gasteiger partial charge in [-0.3, -0.25) is 0 Å². The average Bonchev–Trinajstić information content (AvgIpc) is 2.34. The summed E-state index contributed by atoms with van der Waals surface area (Å²) < 4.78 is 4.71. The largest absolute Gasteiger partial charge is 0.452 e. The lowest BCUT2D eigenvalue weighted by atomic mass is 10.1. The van der Waals surface area contributed by atoms with Gasteiger partial charge in [0, 0.05) is 6.08 Å². The highest BCUT2D eigenvalue weighted by molar-refractivity contribution is 5.84. The third kappa shape index (κ3) is 1.36. The first-order chi connectivity index (χ1) is 4.74. The van der Waals surface area contributed by atoms with Crippen molar-refractivity contribution in [3.63, 3.8) is 0 Å². The van der Waals surface area contributed by atoms with Crippen LogP contribution < -0.4 is 0 Å². The van der Waals surface area contributed by atoms with Crippen molar-refractivity contribution in [2.45, 2.75) is 25.6 Å². The van der Waals surface area contributed by atoms with E-state index in [0.29, 0.717) is 6.42 Å². The van der Waals surface area contributed by atoms with Gasteiger partial charge in [0.25, 0.3) is 0 Å². The van der Waals surface area contributed by atoms with E-state index in [0.717, 1.165) is 0 Å². The molecule has 0 aromatic carbocycles. The number of ether oxygens (including phenoxy) is 1. The van der Waals surface area contributed by atoms with Crippen molar-refractivity contribution in [1.82, 2.24) is 0 Å². The van der Waals surface area contributed by atoms with Crippen molar-refractivity contribution < 1.29 is 14.6 Å². The van der Waals surface area contributed by atoms with Crippen molar-refractivity contribution in [2.24, 2.45) is 0 Å². The molecule has 0 bridgehead atoms. The predicted octanol–water partition coefficient (Wildman–Crippen LogP) is 0.239. The highest BCUT2D eigenvalue weighted by Gasteiger charge is 2.22. The van der Waals surface area contributed by atoms with Crippen LogP contribution in [0.1, 0.15) is 13.3 Å². The molecule has 10 heavy (non-hydrogen) atoms. The lowest BCUT2D eigenvalue weighted by molar-refractivity contribution is -0.142. The Hall–Kier alpha value is -0.830. The summed E-state index contributed by atoms with van der Waals surface area (Å²) in [6, 6.07) is 0. The predicted molar refractivity (Wildman–Crippen MR) is 35.3 cm³/mol. The Morgan fingerprint density at radius 3 is 3.00 bits per heavy atom. The molecule has 1 heterocycles. The van der Waals surface area contributed by atoms with E-state index in [1.807, 2.05) is 6.92 Å². The van der Waals surface area contributed by atoms with Crippen LogP contribution in [0, 0.1) is 0 Å². The summed E-state index contributed by atoms with van der Waals surface area (Å²) in [5.74, 6) is -0.363.